The van der Waals surface area contributed by atoms with Gasteiger partial charge in [-0.2, -0.15) is 0 Å². The number of hydrogen-bond acceptors (Lipinski definition) is 5. The molecule has 0 radical (unpaired) electrons. The van der Waals surface area contributed by atoms with Crippen molar-refractivity contribution in [3.63, 3.8) is 0 Å². The number of nitrogens with zero attached hydrogens (tertiary/aromatic N) is 2. The summed E-state index contributed by atoms with van der Waals surface area (Å²) in [6, 6.07) is 15.7. The number of likely N-dealkylation sites (tertiary alicyclic amines) is 1. The summed E-state index contributed by atoms with van der Waals surface area (Å²) in [6.07, 6.45) is 1.81. The summed E-state index contributed by atoms with van der Waals surface area (Å²) in [5, 5.41) is 13.9. The summed E-state index contributed by atoms with van der Waals surface area (Å²) < 4.78 is 0. The summed E-state index contributed by atoms with van der Waals surface area (Å²) >= 11 is 1.57. The molecule has 0 spiro atoms. The summed E-state index contributed by atoms with van der Waals surface area (Å²) in [4.78, 5) is 42.2. The molecule has 38 heavy (non-hydrogen) atoms. The van der Waals surface area contributed by atoms with Crippen molar-refractivity contribution in [2.75, 3.05) is 25.0 Å². The molecule has 2 aliphatic rings. The number of carbonyl (C=O) groups is 3. The van der Waals surface area contributed by atoms with E-state index in [1.807, 2.05) is 60.4 Å². The van der Waals surface area contributed by atoms with Crippen molar-refractivity contribution in [3.05, 3.63) is 65.2 Å². The minimum Gasteiger partial charge on any atom is -0.385 e. The zero-order valence-corrected chi connectivity index (χ0v) is 23.6. The predicted octanol–water partition coefficient (Wildman–Crippen LogP) is 4.84. The van der Waals surface area contributed by atoms with Gasteiger partial charge >= 0.3 is 0 Å². The Balaban J connectivity index is 1.42. The standard InChI is InChI=1S/C30H39N3O4S/c1-20(2)12-15-33-28(36)26(38-29(33)23-8-6-5-7-9-23)19-27(35)32-16-13-30(37,14-17-32)24-18-21(3)10-11-25(24)31-22(4)34/h5-11,18,20,26,29,37H,12-17,19H2,1-4H3,(H,31,34). The van der Waals surface area contributed by atoms with Crippen LogP contribution in [0.15, 0.2) is 48.5 Å². The van der Waals surface area contributed by atoms with Crippen molar-refractivity contribution < 1.29 is 19.5 Å². The number of piperidine rings is 1. The van der Waals surface area contributed by atoms with Crippen LogP contribution in [0.1, 0.15) is 68.5 Å². The van der Waals surface area contributed by atoms with Crippen molar-refractivity contribution in [2.24, 2.45) is 5.92 Å². The van der Waals surface area contributed by atoms with Gasteiger partial charge in [-0.1, -0.05) is 61.9 Å². The van der Waals surface area contributed by atoms with Crippen LogP contribution in [0, 0.1) is 12.8 Å². The van der Waals surface area contributed by atoms with E-state index in [9.17, 15) is 19.5 Å². The SMILES string of the molecule is CC(=O)Nc1ccc(C)cc1C1(O)CCN(C(=O)CC2SC(c3ccccc3)N(CCC(C)C)C2=O)CC1. The molecule has 2 aromatic carbocycles. The smallest absolute Gasteiger partial charge is 0.237 e. The second-order valence-corrected chi connectivity index (χ2v) is 12.2. The van der Waals surface area contributed by atoms with Gasteiger partial charge in [-0.15, -0.1) is 11.8 Å². The number of aliphatic hydroxyl groups is 1. The van der Waals surface area contributed by atoms with Crippen LogP contribution in [-0.2, 0) is 20.0 Å². The Kier molecular flexibility index (Phi) is 8.83. The van der Waals surface area contributed by atoms with Gasteiger partial charge in [-0.25, -0.2) is 0 Å². The van der Waals surface area contributed by atoms with E-state index in [1.165, 1.54) is 6.92 Å². The highest BCUT2D eigenvalue weighted by atomic mass is 32.2. The lowest BCUT2D eigenvalue weighted by Crippen LogP contribution is -2.46. The minimum absolute atomic E-state index is 0.0334. The largest absolute Gasteiger partial charge is 0.385 e. The van der Waals surface area contributed by atoms with E-state index >= 15 is 0 Å². The third kappa shape index (κ3) is 6.41. The molecule has 4 rings (SSSR count). The second-order valence-electron chi connectivity index (χ2n) is 10.9. The second kappa shape index (κ2) is 11.9. The predicted molar refractivity (Wildman–Crippen MR) is 152 cm³/mol. The quantitative estimate of drug-likeness (QED) is 0.503. The summed E-state index contributed by atoms with van der Waals surface area (Å²) in [5.41, 5.74) is 2.23. The normalized spacial score (nSPS) is 21.2. The van der Waals surface area contributed by atoms with E-state index in [1.54, 1.807) is 16.7 Å². The first kappa shape index (κ1) is 28.2. The number of benzene rings is 2. The van der Waals surface area contributed by atoms with Gasteiger partial charge in [-0.3, -0.25) is 14.4 Å². The third-order valence-electron chi connectivity index (χ3n) is 7.46. The van der Waals surface area contributed by atoms with Gasteiger partial charge in [0.25, 0.3) is 0 Å². The van der Waals surface area contributed by atoms with Gasteiger partial charge in [0.05, 0.1) is 10.9 Å². The van der Waals surface area contributed by atoms with Crippen molar-refractivity contribution in [1.82, 2.24) is 9.80 Å². The molecule has 2 atom stereocenters. The van der Waals surface area contributed by atoms with Crippen molar-refractivity contribution in [2.45, 2.75) is 69.6 Å². The van der Waals surface area contributed by atoms with Crippen LogP contribution in [0.2, 0.25) is 0 Å². The Bertz CT molecular complexity index is 1160. The maximum absolute atomic E-state index is 13.4. The Morgan fingerprint density at radius 1 is 1.13 bits per heavy atom. The van der Waals surface area contributed by atoms with Crippen molar-refractivity contribution in [3.8, 4) is 0 Å². The molecule has 2 N–H and O–H groups in total. The fourth-order valence-corrected chi connectivity index (χ4v) is 6.72. The molecule has 3 amide bonds. The van der Waals surface area contributed by atoms with Crippen LogP contribution in [0.5, 0.6) is 0 Å². The Morgan fingerprint density at radius 3 is 2.45 bits per heavy atom. The first-order valence-electron chi connectivity index (χ1n) is 13.5. The molecule has 0 bridgehead atoms. The zero-order valence-electron chi connectivity index (χ0n) is 22.8. The number of anilines is 1. The molecule has 8 heteroatoms. The zero-order chi connectivity index (χ0) is 27.4. The van der Waals surface area contributed by atoms with E-state index in [-0.39, 0.29) is 29.5 Å². The molecule has 0 aromatic heterocycles. The number of carbonyl (C=O) groups excluding carboxylic acids is 3. The number of thioether (sulfide) groups is 1. The monoisotopic (exact) mass is 537 g/mol. The van der Waals surface area contributed by atoms with E-state index < -0.39 is 10.9 Å². The molecule has 2 aromatic rings. The maximum atomic E-state index is 13.4. The molecule has 2 unspecified atom stereocenters. The molecule has 204 valence electrons. The number of aryl methyl sites for hydroxylation is 1. The molecule has 2 aliphatic heterocycles. The average molecular weight is 538 g/mol. The van der Waals surface area contributed by atoms with E-state index in [4.69, 9.17) is 0 Å². The van der Waals surface area contributed by atoms with Crippen molar-refractivity contribution in [1.29, 1.82) is 0 Å². The van der Waals surface area contributed by atoms with Crippen LogP contribution in [0.3, 0.4) is 0 Å². The average Bonchev–Trinajstić information content (AvgIpc) is 3.19. The minimum atomic E-state index is -1.13. The molecule has 2 fully saturated rings. The summed E-state index contributed by atoms with van der Waals surface area (Å²) in [6.45, 7) is 9.17. The molecule has 2 saturated heterocycles. The Labute approximate surface area is 230 Å². The van der Waals surface area contributed by atoms with Crippen LogP contribution >= 0.6 is 11.8 Å². The van der Waals surface area contributed by atoms with Gasteiger partial charge in [0.2, 0.25) is 17.7 Å². The van der Waals surface area contributed by atoms with Crippen LogP contribution in [-0.4, -0.2) is 57.5 Å². The van der Waals surface area contributed by atoms with E-state index in [2.05, 4.69) is 19.2 Å². The van der Waals surface area contributed by atoms with Gasteiger partial charge in [0.1, 0.15) is 5.37 Å². The van der Waals surface area contributed by atoms with Gasteiger partial charge in [0, 0.05) is 44.2 Å². The van der Waals surface area contributed by atoms with Gasteiger partial charge in [0.15, 0.2) is 0 Å². The summed E-state index contributed by atoms with van der Waals surface area (Å²) in [7, 11) is 0. The molecule has 0 aliphatic carbocycles. The van der Waals surface area contributed by atoms with Crippen LogP contribution < -0.4 is 5.32 Å². The maximum Gasteiger partial charge on any atom is 0.237 e. The van der Waals surface area contributed by atoms with Crippen molar-refractivity contribution >= 4 is 35.2 Å². The first-order chi connectivity index (χ1) is 18.1. The lowest BCUT2D eigenvalue weighted by molar-refractivity contribution is -0.139. The number of amides is 3. The van der Waals surface area contributed by atoms with E-state index in [0.29, 0.717) is 49.6 Å². The highest BCUT2D eigenvalue weighted by molar-refractivity contribution is 8.01. The molecular weight excluding hydrogens is 498 g/mol. The van der Waals surface area contributed by atoms with Gasteiger partial charge in [-0.05, 0) is 43.7 Å². The third-order valence-corrected chi connectivity index (χ3v) is 8.94. The lowest BCUT2D eigenvalue weighted by Gasteiger charge is -2.39. The Morgan fingerprint density at radius 2 is 1.82 bits per heavy atom. The van der Waals surface area contributed by atoms with Gasteiger partial charge < -0.3 is 20.2 Å². The highest BCUT2D eigenvalue weighted by Gasteiger charge is 2.43. The van der Waals surface area contributed by atoms with Crippen LogP contribution in [0.4, 0.5) is 5.69 Å². The molecule has 2 heterocycles. The van der Waals surface area contributed by atoms with E-state index in [0.717, 1.165) is 17.5 Å². The number of rotatable bonds is 8. The fourth-order valence-electron chi connectivity index (χ4n) is 5.25. The topological polar surface area (TPSA) is 89.9 Å². The Hall–Kier alpha value is -2.84. The highest BCUT2D eigenvalue weighted by Crippen LogP contribution is 2.45. The molecule has 7 nitrogen and oxygen atoms in total. The fraction of sp³-hybridized carbons (Fsp3) is 0.500. The molecule has 0 saturated carbocycles. The van der Waals surface area contributed by atoms with Crippen LogP contribution in [0.25, 0.3) is 0 Å². The number of hydrogen-bond donors (Lipinski definition) is 2. The lowest BCUT2D eigenvalue weighted by atomic mass is 9.82. The number of nitrogens with one attached hydrogen (secondary N) is 1. The first-order valence-corrected chi connectivity index (χ1v) is 14.4. The molecular formula is C30H39N3O4S. The summed E-state index contributed by atoms with van der Waals surface area (Å²) in [5.74, 6) is 0.269.